The quantitative estimate of drug-likeness (QED) is 0.555. The molecule has 1 saturated carbocycles. The summed E-state index contributed by atoms with van der Waals surface area (Å²) in [5, 5.41) is 5.20. The Morgan fingerprint density at radius 2 is 1.53 bits per heavy atom. The Labute approximate surface area is 190 Å². The zero-order chi connectivity index (χ0) is 23.1. The monoisotopic (exact) mass is 457 g/mol. The van der Waals surface area contributed by atoms with Crippen molar-refractivity contribution in [2.45, 2.75) is 63.3 Å². The van der Waals surface area contributed by atoms with Gasteiger partial charge < -0.3 is 10.6 Å². The summed E-state index contributed by atoms with van der Waals surface area (Å²) in [4.78, 5) is 24.4. The zero-order valence-electron chi connectivity index (χ0n) is 18.6. The molecular formula is C24H31N3O4S. The average molecular weight is 458 g/mol. The van der Waals surface area contributed by atoms with Crippen LogP contribution >= 0.6 is 0 Å². The van der Waals surface area contributed by atoms with Crippen LogP contribution < -0.4 is 15.4 Å². The van der Waals surface area contributed by atoms with Crippen molar-refractivity contribution in [2.75, 3.05) is 11.9 Å². The normalized spacial score (nSPS) is 14.7. The predicted molar refractivity (Wildman–Crippen MR) is 125 cm³/mol. The summed E-state index contributed by atoms with van der Waals surface area (Å²) in [6.07, 6.45) is 5.53. The molecule has 1 aliphatic carbocycles. The lowest BCUT2D eigenvalue weighted by Crippen LogP contribution is -2.36. The molecule has 0 unspecified atom stereocenters. The van der Waals surface area contributed by atoms with Crippen molar-refractivity contribution in [3.63, 3.8) is 0 Å². The van der Waals surface area contributed by atoms with Gasteiger partial charge in [0, 0.05) is 18.3 Å². The van der Waals surface area contributed by atoms with E-state index in [9.17, 15) is 18.0 Å². The molecule has 0 heterocycles. The van der Waals surface area contributed by atoms with Gasteiger partial charge in [0.05, 0.1) is 4.90 Å². The number of sulfonamides is 1. The summed E-state index contributed by atoms with van der Waals surface area (Å²) >= 11 is 0. The van der Waals surface area contributed by atoms with Crippen LogP contribution in [-0.4, -0.2) is 32.8 Å². The topological polar surface area (TPSA) is 104 Å². The smallest absolute Gasteiger partial charge is 0.313 e. The zero-order valence-corrected chi connectivity index (χ0v) is 19.4. The van der Waals surface area contributed by atoms with Crippen LogP contribution in [0.2, 0.25) is 0 Å². The van der Waals surface area contributed by atoms with E-state index in [1.54, 1.807) is 36.4 Å². The number of rotatable bonds is 7. The Bertz CT molecular complexity index is 1040. The van der Waals surface area contributed by atoms with Crippen LogP contribution in [0.5, 0.6) is 0 Å². The fourth-order valence-corrected chi connectivity index (χ4v) is 5.28. The maximum Gasteiger partial charge on any atom is 0.313 e. The Kier molecular flexibility index (Phi) is 8.04. The van der Waals surface area contributed by atoms with Crippen molar-refractivity contribution >= 4 is 27.5 Å². The van der Waals surface area contributed by atoms with Crippen molar-refractivity contribution in [1.29, 1.82) is 0 Å². The largest absolute Gasteiger partial charge is 0.347 e. The molecule has 0 atom stereocenters. The third-order valence-electron chi connectivity index (χ3n) is 5.55. The van der Waals surface area contributed by atoms with Gasteiger partial charge in [-0.25, -0.2) is 13.1 Å². The number of hydrogen-bond donors (Lipinski definition) is 3. The van der Waals surface area contributed by atoms with Crippen molar-refractivity contribution in [3.05, 3.63) is 59.2 Å². The minimum Gasteiger partial charge on any atom is -0.347 e. The minimum absolute atomic E-state index is 0.0125. The van der Waals surface area contributed by atoms with E-state index in [0.29, 0.717) is 12.1 Å². The summed E-state index contributed by atoms with van der Waals surface area (Å²) in [5.41, 5.74) is 3.46. The van der Waals surface area contributed by atoms with E-state index in [0.717, 1.165) is 48.8 Å². The van der Waals surface area contributed by atoms with Gasteiger partial charge in [-0.2, -0.15) is 0 Å². The molecule has 2 amide bonds. The van der Waals surface area contributed by atoms with Crippen molar-refractivity contribution in [3.8, 4) is 0 Å². The fourth-order valence-electron chi connectivity index (χ4n) is 3.98. The van der Waals surface area contributed by atoms with E-state index in [2.05, 4.69) is 15.4 Å². The van der Waals surface area contributed by atoms with E-state index >= 15 is 0 Å². The number of nitrogens with one attached hydrogen (secondary N) is 3. The number of aryl methyl sites for hydroxylation is 2. The summed E-state index contributed by atoms with van der Waals surface area (Å²) in [6, 6.07) is 12.2. The highest BCUT2D eigenvalue weighted by Gasteiger charge is 2.21. The van der Waals surface area contributed by atoms with Crippen molar-refractivity contribution in [1.82, 2.24) is 10.0 Å². The van der Waals surface area contributed by atoms with Gasteiger partial charge in [0.25, 0.3) is 0 Å². The molecule has 2 aromatic carbocycles. The molecule has 0 bridgehead atoms. The van der Waals surface area contributed by atoms with Crippen LogP contribution in [0.15, 0.2) is 47.4 Å². The standard InChI is InChI=1S/C24H31N3O4S/c1-17-14-18(2)16-21(15-17)26-24(29)23(28)25-13-12-19-8-10-22(11-9-19)32(30,31)27-20-6-4-3-5-7-20/h8-11,14-16,20,27H,3-7,12-13H2,1-2H3,(H,25,28)(H,26,29). The third kappa shape index (κ3) is 6.90. The molecule has 2 aromatic rings. The van der Waals surface area contributed by atoms with Gasteiger partial charge in [0.2, 0.25) is 10.0 Å². The van der Waals surface area contributed by atoms with Crippen LogP contribution in [0.25, 0.3) is 0 Å². The first-order valence-corrected chi connectivity index (χ1v) is 12.5. The third-order valence-corrected chi connectivity index (χ3v) is 7.08. The van der Waals surface area contributed by atoms with Gasteiger partial charge in [-0.1, -0.05) is 37.5 Å². The Morgan fingerprint density at radius 3 is 2.16 bits per heavy atom. The molecule has 1 fully saturated rings. The number of carbonyl (C=O) groups excluding carboxylic acids is 2. The first kappa shape index (κ1) is 23.9. The highest BCUT2D eigenvalue weighted by atomic mass is 32.2. The van der Waals surface area contributed by atoms with Gasteiger partial charge in [-0.05, 0) is 74.1 Å². The molecule has 1 aliphatic rings. The van der Waals surface area contributed by atoms with E-state index in [1.165, 1.54) is 0 Å². The SMILES string of the molecule is Cc1cc(C)cc(NC(=O)C(=O)NCCc2ccc(S(=O)(=O)NC3CCCCC3)cc2)c1. The molecule has 32 heavy (non-hydrogen) atoms. The minimum atomic E-state index is -3.53. The molecule has 7 nitrogen and oxygen atoms in total. The Morgan fingerprint density at radius 1 is 0.906 bits per heavy atom. The van der Waals surface area contributed by atoms with Gasteiger partial charge in [0.15, 0.2) is 0 Å². The summed E-state index contributed by atoms with van der Waals surface area (Å²) in [7, 11) is -3.53. The Balaban J connectivity index is 1.47. The fraction of sp³-hybridized carbons (Fsp3) is 0.417. The van der Waals surface area contributed by atoms with E-state index in [1.807, 2.05) is 19.9 Å². The second-order valence-corrected chi connectivity index (χ2v) is 10.2. The van der Waals surface area contributed by atoms with Crippen LogP contribution in [0, 0.1) is 13.8 Å². The lowest BCUT2D eigenvalue weighted by Gasteiger charge is -2.22. The number of carbonyl (C=O) groups is 2. The van der Waals surface area contributed by atoms with Crippen LogP contribution in [-0.2, 0) is 26.0 Å². The molecule has 0 aliphatic heterocycles. The molecule has 3 rings (SSSR count). The van der Waals surface area contributed by atoms with E-state index in [4.69, 9.17) is 0 Å². The van der Waals surface area contributed by atoms with Gasteiger partial charge in [0.1, 0.15) is 0 Å². The van der Waals surface area contributed by atoms with Gasteiger partial charge >= 0.3 is 11.8 Å². The van der Waals surface area contributed by atoms with Crippen molar-refractivity contribution < 1.29 is 18.0 Å². The molecule has 0 aromatic heterocycles. The molecule has 0 spiro atoms. The molecular weight excluding hydrogens is 426 g/mol. The van der Waals surface area contributed by atoms with E-state index < -0.39 is 21.8 Å². The second kappa shape index (κ2) is 10.7. The maximum atomic E-state index is 12.6. The van der Waals surface area contributed by atoms with E-state index in [-0.39, 0.29) is 17.5 Å². The first-order valence-electron chi connectivity index (χ1n) is 11.0. The van der Waals surface area contributed by atoms with Gasteiger partial charge in [-0.3, -0.25) is 9.59 Å². The average Bonchev–Trinajstić information content (AvgIpc) is 2.73. The molecule has 0 radical (unpaired) electrons. The lowest BCUT2D eigenvalue weighted by atomic mass is 9.96. The first-order chi connectivity index (χ1) is 15.2. The van der Waals surface area contributed by atoms with Crippen molar-refractivity contribution in [2.24, 2.45) is 0 Å². The van der Waals surface area contributed by atoms with Crippen LogP contribution in [0.4, 0.5) is 5.69 Å². The van der Waals surface area contributed by atoms with Crippen LogP contribution in [0.1, 0.15) is 48.8 Å². The predicted octanol–water partition coefficient (Wildman–Crippen LogP) is 3.21. The highest BCUT2D eigenvalue weighted by Crippen LogP contribution is 2.20. The number of hydrogen-bond acceptors (Lipinski definition) is 4. The molecule has 3 N–H and O–H groups in total. The number of benzene rings is 2. The molecule has 8 heteroatoms. The number of anilines is 1. The highest BCUT2D eigenvalue weighted by molar-refractivity contribution is 7.89. The van der Waals surface area contributed by atoms with Gasteiger partial charge in [-0.15, -0.1) is 0 Å². The maximum absolute atomic E-state index is 12.6. The Hall–Kier alpha value is -2.71. The number of amides is 2. The summed E-state index contributed by atoms with van der Waals surface area (Å²) < 4.78 is 27.9. The van der Waals surface area contributed by atoms with Crippen LogP contribution in [0.3, 0.4) is 0 Å². The second-order valence-electron chi connectivity index (χ2n) is 8.44. The summed E-state index contributed by atoms with van der Waals surface area (Å²) in [5.74, 6) is -1.43. The molecule has 0 saturated heterocycles. The lowest BCUT2D eigenvalue weighted by molar-refractivity contribution is -0.136. The summed E-state index contributed by atoms with van der Waals surface area (Å²) in [6.45, 7) is 4.11. The molecule has 172 valence electrons.